The van der Waals surface area contributed by atoms with Crippen molar-refractivity contribution in [1.82, 2.24) is 0 Å². The molecular weight excluding hydrogens is 216 g/mol. The van der Waals surface area contributed by atoms with Crippen molar-refractivity contribution in [3.05, 3.63) is 33.9 Å². The van der Waals surface area contributed by atoms with Crippen LogP contribution in [0.5, 0.6) is 0 Å². The van der Waals surface area contributed by atoms with E-state index in [1.807, 2.05) is 0 Å². The molecule has 0 N–H and O–H groups in total. The second-order valence-electron chi connectivity index (χ2n) is 6.88. The quantitative estimate of drug-likeness (QED) is 0.628. The summed E-state index contributed by atoms with van der Waals surface area (Å²) in [6.07, 6.45) is 1.34. The third kappa shape index (κ3) is 2.00. The highest BCUT2D eigenvalue weighted by Gasteiger charge is 2.34. The third-order valence-corrected chi connectivity index (χ3v) is 4.87. The van der Waals surface area contributed by atoms with Crippen LogP contribution in [0.25, 0.3) is 0 Å². The van der Waals surface area contributed by atoms with Gasteiger partial charge in [0.15, 0.2) is 0 Å². The number of benzene rings is 1. The van der Waals surface area contributed by atoms with Crippen molar-refractivity contribution in [2.75, 3.05) is 0 Å². The molecule has 1 aromatic carbocycles. The van der Waals surface area contributed by atoms with E-state index in [0.717, 1.165) is 17.8 Å². The maximum atomic E-state index is 2.45. The summed E-state index contributed by atoms with van der Waals surface area (Å²) in [5.41, 5.74) is 8.02. The molecule has 18 heavy (non-hydrogen) atoms. The molecule has 0 radical (unpaired) electrons. The second kappa shape index (κ2) is 4.72. The van der Waals surface area contributed by atoms with E-state index in [2.05, 4.69) is 54.5 Å². The Morgan fingerprint density at radius 2 is 1.67 bits per heavy atom. The standard InChI is InChI=1S/C18H28/c1-10(2)15-8-12(5)14(7)17-13(6)9-16(11(3)4)18(15)17/h8,10-11,13,16H,9H2,1-7H3/t13-,16?/m1/s1. The summed E-state index contributed by atoms with van der Waals surface area (Å²) in [6, 6.07) is 2.45. The molecule has 0 spiro atoms. The number of rotatable bonds is 2. The lowest BCUT2D eigenvalue weighted by Crippen LogP contribution is -2.08. The van der Waals surface area contributed by atoms with Crippen LogP contribution in [0, 0.1) is 19.8 Å². The predicted octanol–water partition coefficient (Wildman–Crippen LogP) is 5.67. The fourth-order valence-corrected chi connectivity index (χ4v) is 3.74. The Bertz CT molecular complexity index is 452. The minimum absolute atomic E-state index is 0.643. The van der Waals surface area contributed by atoms with Crippen LogP contribution in [0.2, 0.25) is 0 Å². The zero-order valence-electron chi connectivity index (χ0n) is 13.1. The molecule has 100 valence electrons. The van der Waals surface area contributed by atoms with Crippen molar-refractivity contribution in [3.63, 3.8) is 0 Å². The largest absolute Gasteiger partial charge is 0.0622 e. The first-order valence-electron chi connectivity index (χ1n) is 7.48. The first-order valence-corrected chi connectivity index (χ1v) is 7.48. The molecule has 0 heterocycles. The van der Waals surface area contributed by atoms with Crippen LogP contribution in [-0.4, -0.2) is 0 Å². The summed E-state index contributed by atoms with van der Waals surface area (Å²) >= 11 is 0. The molecule has 0 amide bonds. The Morgan fingerprint density at radius 3 is 2.17 bits per heavy atom. The van der Waals surface area contributed by atoms with Crippen molar-refractivity contribution in [2.45, 2.75) is 72.6 Å². The molecule has 0 nitrogen and oxygen atoms in total. The molecule has 2 rings (SSSR count). The van der Waals surface area contributed by atoms with Crippen molar-refractivity contribution >= 4 is 0 Å². The van der Waals surface area contributed by atoms with E-state index in [9.17, 15) is 0 Å². The van der Waals surface area contributed by atoms with Crippen molar-refractivity contribution in [1.29, 1.82) is 0 Å². The molecule has 0 heteroatoms. The molecule has 1 unspecified atom stereocenters. The Kier molecular flexibility index (Phi) is 3.58. The van der Waals surface area contributed by atoms with E-state index in [1.54, 1.807) is 22.3 Å². The van der Waals surface area contributed by atoms with Gasteiger partial charge in [0.05, 0.1) is 0 Å². The van der Waals surface area contributed by atoms with Gasteiger partial charge in [0.1, 0.15) is 0 Å². The minimum atomic E-state index is 0.643. The molecule has 1 aromatic rings. The highest BCUT2D eigenvalue weighted by molar-refractivity contribution is 5.52. The Balaban J connectivity index is 2.70. The molecule has 0 fully saturated rings. The van der Waals surface area contributed by atoms with E-state index >= 15 is 0 Å². The summed E-state index contributed by atoms with van der Waals surface area (Å²) in [7, 11) is 0. The van der Waals surface area contributed by atoms with E-state index < -0.39 is 0 Å². The van der Waals surface area contributed by atoms with Gasteiger partial charge in [0, 0.05) is 0 Å². The lowest BCUT2D eigenvalue weighted by Gasteiger charge is -2.23. The summed E-state index contributed by atoms with van der Waals surface area (Å²) < 4.78 is 0. The normalized spacial score (nSPS) is 22.9. The summed E-state index contributed by atoms with van der Waals surface area (Å²) in [5, 5.41) is 0. The zero-order valence-corrected chi connectivity index (χ0v) is 13.1. The molecule has 0 bridgehead atoms. The number of fused-ring (bicyclic) bond motifs is 1. The monoisotopic (exact) mass is 244 g/mol. The number of hydrogen-bond donors (Lipinski definition) is 0. The van der Waals surface area contributed by atoms with Gasteiger partial charge in [-0.15, -0.1) is 0 Å². The highest BCUT2D eigenvalue weighted by Crippen LogP contribution is 2.50. The minimum Gasteiger partial charge on any atom is -0.0622 e. The molecule has 0 aromatic heterocycles. The molecule has 0 saturated heterocycles. The maximum Gasteiger partial charge on any atom is -0.0127 e. The first kappa shape index (κ1) is 13.6. The number of aryl methyl sites for hydroxylation is 1. The van der Waals surface area contributed by atoms with Crippen molar-refractivity contribution in [3.8, 4) is 0 Å². The first-order chi connectivity index (χ1) is 8.34. The lowest BCUT2D eigenvalue weighted by atomic mass is 9.82. The van der Waals surface area contributed by atoms with Gasteiger partial charge >= 0.3 is 0 Å². The molecular formula is C18H28. The highest BCUT2D eigenvalue weighted by atomic mass is 14.4. The molecule has 1 aliphatic rings. The van der Waals surface area contributed by atoms with Crippen LogP contribution in [0.3, 0.4) is 0 Å². The molecule has 2 atom stereocenters. The topological polar surface area (TPSA) is 0 Å². The second-order valence-corrected chi connectivity index (χ2v) is 6.88. The fraction of sp³-hybridized carbons (Fsp3) is 0.667. The summed E-state index contributed by atoms with van der Waals surface area (Å²) in [4.78, 5) is 0. The van der Waals surface area contributed by atoms with Gasteiger partial charge in [-0.2, -0.15) is 0 Å². The molecule has 0 saturated carbocycles. The summed E-state index contributed by atoms with van der Waals surface area (Å²) in [5.74, 6) is 2.91. The van der Waals surface area contributed by atoms with Gasteiger partial charge in [-0.3, -0.25) is 0 Å². The number of hydrogen-bond acceptors (Lipinski definition) is 0. The molecule has 0 aliphatic heterocycles. The van der Waals surface area contributed by atoms with E-state index in [4.69, 9.17) is 0 Å². The average Bonchev–Trinajstić information content (AvgIpc) is 2.61. The van der Waals surface area contributed by atoms with Gasteiger partial charge in [-0.1, -0.05) is 40.7 Å². The van der Waals surface area contributed by atoms with Crippen LogP contribution in [0.1, 0.15) is 86.6 Å². The van der Waals surface area contributed by atoms with Crippen molar-refractivity contribution in [2.24, 2.45) is 5.92 Å². The van der Waals surface area contributed by atoms with Crippen LogP contribution < -0.4 is 0 Å². The molecule has 1 aliphatic carbocycles. The Labute approximate surface area is 113 Å². The predicted molar refractivity (Wildman–Crippen MR) is 80.6 cm³/mol. The Morgan fingerprint density at radius 1 is 1.06 bits per heavy atom. The van der Waals surface area contributed by atoms with Crippen LogP contribution >= 0.6 is 0 Å². The van der Waals surface area contributed by atoms with E-state index in [-0.39, 0.29) is 0 Å². The van der Waals surface area contributed by atoms with E-state index in [1.165, 1.54) is 12.0 Å². The smallest absolute Gasteiger partial charge is 0.0127 e. The SMILES string of the molecule is Cc1cc(C(C)C)c2c(c1C)[C@H](C)CC2C(C)C. The van der Waals surface area contributed by atoms with Crippen molar-refractivity contribution < 1.29 is 0 Å². The van der Waals surface area contributed by atoms with Crippen LogP contribution in [-0.2, 0) is 0 Å². The van der Waals surface area contributed by atoms with Gasteiger partial charge in [-0.05, 0) is 71.8 Å². The lowest BCUT2D eigenvalue weighted by molar-refractivity contribution is 0.472. The van der Waals surface area contributed by atoms with Crippen LogP contribution in [0.4, 0.5) is 0 Å². The maximum absolute atomic E-state index is 2.45. The average molecular weight is 244 g/mol. The van der Waals surface area contributed by atoms with E-state index in [0.29, 0.717) is 5.92 Å². The summed E-state index contributed by atoms with van der Waals surface area (Å²) in [6.45, 7) is 16.4. The third-order valence-electron chi connectivity index (χ3n) is 4.87. The zero-order chi connectivity index (χ0) is 13.6. The Hall–Kier alpha value is -0.780. The van der Waals surface area contributed by atoms with Gasteiger partial charge in [0.25, 0.3) is 0 Å². The van der Waals surface area contributed by atoms with Crippen LogP contribution in [0.15, 0.2) is 6.07 Å². The van der Waals surface area contributed by atoms with Gasteiger partial charge < -0.3 is 0 Å². The van der Waals surface area contributed by atoms with Gasteiger partial charge in [0.2, 0.25) is 0 Å². The van der Waals surface area contributed by atoms with Gasteiger partial charge in [-0.25, -0.2) is 0 Å². The fourth-order valence-electron chi connectivity index (χ4n) is 3.74.